The smallest absolute Gasteiger partial charge is 0.331 e. The molecule has 80 valence electrons. The fraction of sp³-hybridized carbons (Fsp3) is 0.727. The second-order valence-corrected chi connectivity index (χ2v) is 5.96. The summed E-state index contributed by atoms with van der Waals surface area (Å²) >= 11 is 1.89. The Morgan fingerprint density at radius 2 is 2.21 bits per heavy atom. The van der Waals surface area contributed by atoms with Crippen LogP contribution in [0.5, 0.6) is 0 Å². The molecule has 1 atom stereocenters. The number of hydrogen-bond acceptors (Lipinski definition) is 3. The van der Waals surface area contributed by atoms with Crippen molar-refractivity contribution in [2.24, 2.45) is 0 Å². The molecule has 1 aliphatic rings. The molecule has 1 saturated heterocycles. The number of thioether (sulfide) groups is 1. The van der Waals surface area contributed by atoms with Gasteiger partial charge >= 0.3 is 5.97 Å². The molecule has 0 aromatic carbocycles. The third kappa shape index (κ3) is 3.74. The van der Waals surface area contributed by atoms with Gasteiger partial charge in [0.15, 0.2) is 0 Å². The first-order chi connectivity index (χ1) is 6.38. The molecule has 0 aromatic heterocycles. The highest BCUT2D eigenvalue weighted by molar-refractivity contribution is 8.00. The molecule has 0 bridgehead atoms. The minimum absolute atomic E-state index is 0.207. The lowest BCUT2D eigenvalue weighted by atomic mass is 10.1. The van der Waals surface area contributed by atoms with Crippen molar-refractivity contribution in [1.82, 2.24) is 0 Å². The first-order valence-corrected chi connectivity index (χ1v) is 5.98. The van der Waals surface area contributed by atoms with Crippen molar-refractivity contribution in [3.8, 4) is 0 Å². The van der Waals surface area contributed by atoms with Crippen LogP contribution in [0.1, 0.15) is 34.1 Å². The van der Waals surface area contributed by atoms with E-state index in [4.69, 9.17) is 4.74 Å². The van der Waals surface area contributed by atoms with E-state index in [9.17, 15) is 4.79 Å². The van der Waals surface area contributed by atoms with E-state index >= 15 is 0 Å². The Balaban J connectivity index is 2.55. The molecule has 1 fully saturated rings. The fourth-order valence-corrected chi connectivity index (χ4v) is 2.44. The Morgan fingerprint density at radius 3 is 2.64 bits per heavy atom. The van der Waals surface area contributed by atoms with E-state index in [-0.39, 0.29) is 11.6 Å². The molecule has 14 heavy (non-hydrogen) atoms. The molecule has 0 radical (unpaired) electrons. The van der Waals surface area contributed by atoms with Crippen LogP contribution < -0.4 is 0 Å². The molecular formula is C11H18O2S. The van der Waals surface area contributed by atoms with Crippen LogP contribution in [-0.2, 0) is 9.53 Å². The van der Waals surface area contributed by atoms with Crippen LogP contribution in [0.15, 0.2) is 11.6 Å². The maximum atomic E-state index is 11.5. The number of rotatable bonds is 1. The Labute approximate surface area is 90.1 Å². The van der Waals surface area contributed by atoms with Crippen LogP contribution in [0, 0.1) is 0 Å². The summed E-state index contributed by atoms with van der Waals surface area (Å²) in [5.74, 6) is 0.914. The average Bonchev–Trinajstić information content (AvgIpc) is 2.32. The largest absolute Gasteiger partial charge is 0.457 e. The number of ether oxygens (including phenoxy) is 1. The average molecular weight is 214 g/mol. The van der Waals surface area contributed by atoms with E-state index < -0.39 is 0 Å². The fourth-order valence-electron chi connectivity index (χ4n) is 1.34. The van der Waals surface area contributed by atoms with Crippen molar-refractivity contribution >= 4 is 17.7 Å². The maximum absolute atomic E-state index is 11.5. The van der Waals surface area contributed by atoms with Crippen LogP contribution in [-0.4, -0.2) is 22.6 Å². The van der Waals surface area contributed by atoms with Crippen LogP contribution in [0.2, 0.25) is 0 Å². The van der Waals surface area contributed by atoms with Crippen molar-refractivity contribution in [2.45, 2.75) is 45.0 Å². The Hall–Kier alpha value is -0.440. The lowest BCUT2D eigenvalue weighted by Gasteiger charge is -2.18. The van der Waals surface area contributed by atoms with Gasteiger partial charge in [0.25, 0.3) is 0 Å². The van der Waals surface area contributed by atoms with E-state index in [2.05, 4.69) is 6.92 Å². The summed E-state index contributed by atoms with van der Waals surface area (Å²) in [6, 6.07) is 0. The quantitative estimate of drug-likeness (QED) is 0.496. The highest BCUT2D eigenvalue weighted by Crippen LogP contribution is 2.31. The summed E-state index contributed by atoms with van der Waals surface area (Å²) in [6.45, 7) is 7.79. The number of hydrogen-bond donors (Lipinski definition) is 0. The van der Waals surface area contributed by atoms with Gasteiger partial charge in [-0.05, 0) is 45.4 Å². The maximum Gasteiger partial charge on any atom is 0.331 e. The lowest BCUT2D eigenvalue weighted by Crippen LogP contribution is -2.23. The minimum Gasteiger partial charge on any atom is -0.457 e. The van der Waals surface area contributed by atoms with Gasteiger partial charge in [0.2, 0.25) is 0 Å². The number of carbonyl (C=O) groups excluding carboxylic acids is 1. The lowest BCUT2D eigenvalue weighted by molar-refractivity contribution is -0.148. The Morgan fingerprint density at radius 1 is 1.57 bits per heavy atom. The second kappa shape index (κ2) is 4.39. The topological polar surface area (TPSA) is 26.3 Å². The SMILES string of the molecule is CC1SCC/C1=C/C(=O)OC(C)(C)C. The molecule has 0 amide bonds. The highest BCUT2D eigenvalue weighted by atomic mass is 32.2. The van der Waals surface area contributed by atoms with Crippen LogP contribution >= 0.6 is 11.8 Å². The molecule has 0 N–H and O–H groups in total. The van der Waals surface area contributed by atoms with E-state index in [1.807, 2.05) is 32.5 Å². The van der Waals surface area contributed by atoms with Crippen LogP contribution in [0.4, 0.5) is 0 Å². The zero-order valence-electron chi connectivity index (χ0n) is 9.29. The Bertz CT molecular complexity index is 251. The summed E-state index contributed by atoms with van der Waals surface area (Å²) in [7, 11) is 0. The van der Waals surface area contributed by atoms with Gasteiger partial charge in [0.05, 0.1) is 0 Å². The molecule has 0 aliphatic carbocycles. The van der Waals surface area contributed by atoms with Crippen molar-refractivity contribution < 1.29 is 9.53 Å². The summed E-state index contributed by atoms with van der Waals surface area (Å²) in [6.07, 6.45) is 2.68. The third-order valence-electron chi connectivity index (χ3n) is 1.99. The molecule has 3 heteroatoms. The number of carbonyl (C=O) groups is 1. The molecule has 0 spiro atoms. The van der Waals surface area contributed by atoms with E-state index in [1.165, 1.54) is 5.57 Å². The van der Waals surface area contributed by atoms with Crippen molar-refractivity contribution in [3.05, 3.63) is 11.6 Å². The highest BCUT2D eigenvalue weighted by Gasteiger charge is 2.20. The Kier molecular flexibility index (Phi) is 3.65. The first-order valence-electron chi connectivity index (χ1n) is 4.93. The van der Waals surface area contributed by atoms with Gasteiger partial charge in [-0.25, -0.2) is 4.79 Å². The van der Waals surface area contributed by atoms with E-state index in [1.54, 1.807) is 6.08 Å². The van der Waals surface area contributed by atoms with Gasteiger partial charge in [-0.2, -0.15) is 11.8 Å². The minimum atomic E-state index is -0.386. The van der Waals surface area contributed by atoms with Crippen molar-refractivity contribution in [1.29, 1.82) is 0 Å². The van der Waals surface area contributed by atoms with Gasteiger partial charge in [-0.1, -0.05) is 0 Å². The molecule has 1 unspecified atom stereocenters. The molecule has 1 rings (SSSR count). The van der Waals surface area contributed by atoms with Gasteiger partial charge in [-0.15, -0.1) is 0 Å². The zero-order valence-corrected chi connectivity index (χ0v) is 10.1. The third-order valence-corrected chi connectivity index (χ3v) is 3.23. The normalized spacial score (nSPS) is 25.4. The van der Waals surface area contributed by atoms with Gasteiger partial charge in [0.1, 0.15) is 5.60 Å². The second-order valence-electron chi connectivity index (χ2n) is 4.52. The molecule has 2 nitrogen and oxygen atoms in total. The van der Waals surface area contributed by atoms with Gasteiger partial charge in [0, 0.05) is 11.3 Å². The van der Waals surface area contributed by atoms with Crippen molar-refractivity contribution in [3.63, 3.8) is 0 Å². The predicted molar refractivity (Wildman–Crippen MR) is 60.5 cm³/mol. The summed E-state index contributed by atoms with van der Waals surface area (Å²) < 4.78 is 5.22. The standard InChI is InChI=1S/C11H18O2S/c1-8-9(5-6-14-8)7-10(12)13-11(2,3)4/h7-8H,5-6H2,1-4H3/b9-7-. The molecular weight excluding hydrogens is 196 g/mol. The summed E-state index contributed by atoms with van der Waals surface area (Å²) in [4.78, 5) is 11.5. The molecule has 1 heterocycles. The first kappa shape index (κ1) is 11.6. The van der Waals surface area contributed by atoms with Crippen molar-refractivity contribution in [2.75, 3.05) is 5.75 Å². The van der Waals surface area contributed by atoms with Gasteiger partial charge < -0.3 is 4.74 Å². The van der Waals surface area contributed by atoms with Crippen LogP contribution in [0.25, 0.3) is 0 Å². The summed E-state index contributed by atoms with van der Waals surface area (Å²) in [5, 5.41) is 0.475. The monoisotopic (exact) mass is 214 g/mol. The summed E-state index contributed by atoms with van der Waals surface area (Å²) in [5.41, 5.74) is 0.826. The molecule has 1 aliphatic heterocycles. The zero-order chi connectivity index (χ0) is 10.8. The van der Waals surface area contributed by atoms with Crippen LogP contribution in [0.3, 0.4) is 0 Å². The van der Waals surface area contributed by atoms with Gasteiger partial charge in [-0.3, -0.25) is 0 Å². The van der Waals surface area contributed by atoms with E-state index in [0.717, 1.165) is 12.2 Å². The molecule has 0 aromatic rings. The molecule has 0 saturated carbocycles. The van der Waals surface area contributed by atoms with E-state index in [0.29, 0.717) is 5.25 Å². The number of esters is 1. The predicted octanol–water partition coefficient (Wildman–Crippen LogP) is 2.78.